The maximum absolute atomic E-state index is 12.3. The number of carbonyl (C=O) groups is 3. The standard InChI is InChI=1S/C17H30N2O3/c1-13(10-16(2,3)8-9-18-12-20)11-19-15(22)17(4)7-5-6-14(17)21/h12-13H,5-11H2,1-4H3,(H,18,20)(H,19,22). The van der Waals surface area contributed by atoms with Gasteiger partial charge in [0.1, 0.15) is 11.2 Å². The minimum absolute atomic E-state index is 0.0675. The molecule has 1 fully saturated rings. The molecule has 0 aromatic rings. The minimum atomic E-state index is -0.816. The predicted octanol–water partition coefficient (Wildman–Crippen LogP) is 2.05. The zero-order chi connectivity index (χ0) is 16.8. The first-order valence-corrected chi connectivity index (χ1v) is 8.20. The first-order chi connectivity index (χ1) is 10.2. The molecule has 1 aliphatic rings. The predicted molar refractivity (Wildman–Crippen MR) is 86.2 cm³/mol. The van der Waals surface area contributed by atoms with Crippen molar-refractivity contribution >= 4 is 18.1 Å². The van der Waals surface area contributed by atoms with E-state index in [0.29, 0.717) is 31.8 Å². The van der Waals surface area contributed by atoms with Crippen LogP contribution in [0.2, 0.25) is 0 Å². The van der Waals surface area contributed by atoms with Gasteiger partial charge in [-0.2, -0.15) is 0 Å². The summed E-state index contributed by atoms with van der Waals surface area (Å²) in [7, 11) is 0. The van der Waals surface area contributed by atoms with Crippen LogP contribution in [0.4, 0.5) is 0 Å². The maximum atomic E-state index is 12.3. The summed E-state index contributed by atoms with van der Waals surface area (Å²) in [5.74, 6) is 0.274. The van der Waals surface area contributed by atoms with Gasteiger partial charge in [0.25, 0.3) is 0 Å². The topological polar surface area (TPSA) is 75.3 Å². The van der Waals surface area contributed by atoms with Crippen molar-refractivity contribution in [3.63, 3.8) is 0 Å². The summed E-state index contributed by atoms with van der Waals surface area (Å²) in [4.78, 5) is 34.4. The molecule has 2 N–H and O–H groups in total. The summed E-state index contributed by atoms with van der Waals surface area (Å²) in [5.41, 5.74) is -0.712. The second-order valence-corrected chi connectivity index (χ2v) is 7.61. The first kappa shape index (κ1) is 18.7. The van der Waals surface area contributed by atoms with Crippen molar-refractivity contribution in [3.05, 3.63) is 0 Å². The lowest BCUT2D eigenvalue weighted by Gasteiger charge is -2.29. The molecule has 1 saturated carbocycles. The number of hydrogen-bond donors (Lipinski definition) is 2. The quantitative estimate of drug-likeness (QED) is 0.389. The van der Waals surface area contributed by atoms with Crippen LogP contribution in [0.15, 0.2) is 0 Å². The molecule has 0 spiro atoms. The van der Waals surface area contributed by atoms with E-state index in [4.69, 9.17) is 0 Å². The van der Waals surface area contributed by atoms with E-state index in [0.717, 1.165) is 25.7 Å². The fraction of sp³-hybridized carbons (Fsp3) is 0.824. The van der Waals surface area contributed by atoms with Gasteiger partial charge in [-0.05, 0) is 43.9 Å². The largest absolute Gasteiger partial charge is 0.359 e. The maximum Gasteiger partial charge on any atom is 0.233 e. The lowest BCUT2D eigenvalue weighted by atomic mass is 9.80. The van der Waals surface area contributed by atoms with Gasteiger partial charge in [-0.1, -0.05) is 20.8 Å². The molecular weight excluding hydrogens is 280 g/mol. The molecule has 22 heavy (non-hydrogen) atoms. The van der Waals surface area contributed by atoms with E-state index >= 15 is 0 Å². The molecule has 1 rings (SSSR count). The molecule has 0 saturated heterocycles. The average Bonchev–Trinajstić information content (AvgIpc) is 2.77. The van der Waals surface area contributed by atoms with E-state index in [1.807, 2.05) is 0 Å². The molecule has 0 aromatic heterocycles. The van der Waals surface area contributed by atoms with Gasteiger partial charge in [0.2, 0.25) is 12.3 Å². The third-order valence-electron chi connectivity index (χ3n) is 4.74. The lowest BCUT2D eigenvalue weighted by molar-refractivity contribution is -0.139. The molecule has 2 unspecified atom stereocenters. The summed E-state index contributed by atoms with van der Waals surface area (Å²) in [5, 5.41) is 5.64. The molecule has 0 bridgehead atoms. The Bertz CT molecular complexity index is 420. The van der Waals surface area contributed by atoms with Crippen molar-refractivity contribution in [2.24, 2.45) is 16.7 Å². The van der Waals surface area contributed by atoms with Gasteiger partial charge >= 0.3 is 0 Å². The van der Waals surface area contributed by atoms with E-state index in [2.05, 4.69) is 31.4 Å². The molecule has 0 radical (unpaired) electrons. The van der Waals surface area contributed by atoms with E-state index < -0.39 is 5.41 Å². The van der Waals surface area contributed by atoms with Crippen LogP contribution in [0, 0.1) is 16.7 Å². The molecule has 0 aromatic carbocycles. The van der Waals surface area contributed by atoms with E-state index in [1.54, 1.807) is 6.92 Å². The van der Waals surface area contributed by atoms with E-state index in [9.17, 15) is 14.4 Å². The molecule has 5 nitrogen and oxygen atoms in total. The van der Waals surface area contributed by atoms with Gasteiger partial charge < -0.3 is 10.6 Å². The SMILES string of the molecule is CC(CNC(=O)C1(C)CCCC1=O)CC(C)(C)CCNC=O. The highest BCUT2D eigenvalue weighted by atomic mass is 16.2. The Kier molecular flexibility index (Phi) is 6.57. The normalized spacial score (nSPS) is 23.2. The monoisotopic (exact) mass is 310 g/mol. The zero-order valence-corrected chi connectivity index (χ0v) is 14.3. The molecule has 2 atom stereocenters. The summed E-state index contributed by atoms with van der Waals surface area (Å²) in [6, 6.07) is 0. The van der Waals surface area contributed by atoms with E-state index in [1.165, 1.54) is 0 Å². The zero-order valence-electron chi connectivity index (χ0n) is 14.3. The number of rotatable bonds is 9. The Morgan fingerprint density at radius 1 is 1.45 bits per heavy atom. The minimum Gasteiger partial charge on any atom is -0.359 e. The van der Waals surface area contributed by atoms with Gasteiger partial charge in [0.15, 0.2) is 0 Å². The average molecular weight is 310 g/mol. The first-order valence-electron chi connectivity index (χ1n) is 8.20. The van der Waals surface area contributed by atoms with Gasteiger partial charge in [-0.3, -0.25) is 14.4 Å². The van der Waals surface area contributed by atoms with Crippen LogP contribution in [-0.2, 0) is 14.4 Å². The van der Waals surface area contributed by atoms with Crippen LogP contribution >= 0.6 is 0 Å². The fourth-order valence-electron chi connectivity index (χ4n) is 3.31. The molecule has 126 valence electrons. The molecule has 5 heteroatoms. The summed E-state index contributed by atoms with van der Waals surface area (Å²) < 4.78 is 0. The van der Waals surface area contributed by atoms with Crippen molar-refractivity contribution in [1.29, 1.82) is 0 Å². The second-order valence-electron chi connectivity index (χ2n) is 7.61. The third-order valence-corrected chi connectivity index (χ3v) is 4.74. The number of carbonyl (C=O) groups excluding carboxylic acids is 3. The molecular formula is C17H30N2O3. The Morgan fingerprint density at radius 2 is 2.14 bits per heavy atom. The number of nitrogens with one attached hydrogen (secondary N) is 2. The highest BCUT2D eigenvalue weighted by Gasteiger charge is 2.43. The van der Waals surface area contributed by atoms with Crippen LogP contribution in [-0.4, -0.2) is 31.2 Å². The van der Waals surface area contributed by atoms with Gasteiger partial charge in [-0.25, -0.2) is 0 Å². The van der Waals surface area contributed by atoms with Crippen molar-refractivity contribution < 1.29 is 14.4 Å². The summed E-state index contributed by atoms with van der Waals surface area (Å²) >= 11 is 0. The Balaban J connectivity index is 2.39. The molecule has 0 heterocycles. The van der Waals surface area contributed by atoms with Crippen LogP contribution in [0.3, 0.4) is 0 Å². The number of hydrogen-bond acceptors (Lipinski definition) is 3. The third kappa shape index (κ3) is 5.11. The Hall–Kier alpha value is -1.39. The van der Waals surface area contributed by atoms with Crippen molar-refractivity contribution in [3.8, 4) is 0 Å². The van der Waals surface area contributed by atoms with Gasteiger partial charge in [0, 0.05) is 19.5 Å². The number of amides is 2. The summed E-state index contributed by atoms with van der Waals surface area (Å²) in [6.07, 6.45) is 4.58. The summed E-state index contributed by atoms with van der Waals surface area (Å²) in [6.45, 7) is 9.46. The van der Waals surface area contributed by atoms with Crippen molar-refractivity contribution in [2.45, 2.75) is 59.8 Å². The van der Waals surface area contributed by atoms with Crippen molar-refractivity contribution in [1.82, 2.24) is 10.6 Å². The smallest absolute Gasteiger partial charge is 0.233 e. The number of ketones is 1. The van der Waals surface area contributed by atoms with Crippen molar-refractivity contribution in [2.75, 3.05) is 13.1 Å². The number of Topliss-reactive ketones (excluding diaryl/α,β-unsaturated/α-hetero) is 1. The van der Waals surface area contributed by atoms with Crippen LogP contribution < -0.4 is 10.6 Å². The highest BCUT2D eigenvalue weighted by Crippen LogP contribution is 2.34. The highest BCUT2D eigenvalue weighted by molar-refractivity contribution is 6.06. The van der Waals surface area contributed by atoms with Crippen LogP contribution in [0.25, 0.3) is 0 Å². The molecule has 0 aliphatic heterocycles. The second kappa shape index (κ2) is 7.75. The van der Waals surface area contributed by atoms with Gasteiger partial charge in [-0.15, -0.1) is 0 Å². The Morgan fingerprint density at radius 3 is 2.68 bits per heavy atom. The molecule has 2 amide bonds. The molecule has 1 aliphatic carbocycles. The fourth-order valence-corrected chi connectivity index (χ4v) is 3.31. The van der Waals surface area contributed by atoms with E-state index in [-0.39, 0.29) is 17.1 Å². The van der Waals surface area contributed by atoms with Crippen LogP contribution in [0.1, 0.15) is 59.8 Å². The Labute approximate surface area is 133 Å². The van der Waals surface area contributed by atoms with Crippen LogP contribution in [0.5, 0.6) is 0 Å². The van der Waals surface area contributed by atoms with Gasteiger partial charge in [0.05, 0.1) is 0 Å². The lowest BCUT2D eigenvalue weighted by Crippen LogP contribution is -2.43.